The Morgan fingerprint density at radius 3 is 2.43 bits per heavy atom. The molecule has 1 aliphatic rings. The van der Waals surface area contributed by atoms with E-state index in [1.165, 1.54) is 24.8 Å². The van der Waals surface area contributed by atoms with Crippen LogP contribution in [0.2, 0.25) is 0 Å². The maximum absolute atomic E-state index is 12.9. The number of pyridine rings is 1. The Balaban J connectivity index is 1.31. The molecule has 4 atom stereocenters. The zero-order valence-corrected chi connectivity index (χ0v) is 26.0. The number of carbonyl (C=O) groups excluding carboxylic acids is 2. The Bertz CT molecular complexity index is 1650. The molecule has 10 nitrogen and oxygen atoms in total. The third kappa shape index (κ3) is 8.79. The van der Waals surface area contributed by atoms with Crippen molar-refractivity contribution in [3.8, 4) is 0 Å². The standard InChI is InChI=1S/C35H35N3O7S/c1-22(40)30(17-23-7-3-2-4-8-23)38-35(43)37-27-10-5-9-26(18-27)34-44-28(21-46-32-29(33(41)42)11-6-16-36-32)19-31(45-34)25-14-12-24(20-39)13-15-25/h2-16,18,28,30-31,34,39H,17,19-21H2,1H3,(H,41,42)(H2,37,38,43). The van der Waals surface area contributed by atoms with Crippen LogP contribution in [0.1, 0.15) is 58.4 Å². The fourth-order valence-corrected chi connectivity index (χ4v) is 6.10. The van der Waals surface area contributed by atoms with Gasteiger partial charge in [-0.15, -0.1) is 11.8 Å². The molecular weight excluding hydrogens is 606 g/mol. The minimum atomic E-state index is -1.05. The molecule has 11 heteroatoms. The zero-order chi connectivity index (χ0) is 32.5. The van der Waals surface area contributed by atoms with Gasteiger partial charge in [-0.3, -0.25) is 4.79 Å². The van der Waals surface area contributed by atoms with Crippen LogP contribution in [0, 0.1) is 0 Å². The number of nitrogens with one attached hydrogen (secondary N) is 2. The molecule has 46 heavy (non-hydrogen) atoms. The number of hydrogen-bond donors (Lipinski definition) is 4. The van der Waals surface area contributed by atoms with Crippen LogP contribution < -0.4 is 10.6 Å². The molecule has 1 saturated heterocycles. The van der Waals surface area contributed by atoms with E-state index in [1.54, 1.807) is 30.5 Å². The highest BCUT2D eigenvalue weighted by atomic mass is 32.2. The van der Waals surface area contributed by atoms with Crippen molar-refractivity contribution in [2.24, 2.45) is 0 Å². The highest BCUT2D eigenvalue weighted by Crippen LogP contribution is 2.40. The van der Waals surface area contributed by atoms with Gasteiger partial charge >= 0.3 is 12.0 Å². The highest BCUT2D eigenvalue weighted by Gasteiger charge is 2.33. The van der Waals surface area contributed by atoms with E-state index in [1.807, 2.05) is 60.7 Å². The summed E-state index contributed by atoms with van der Waals surface area (Å²) in [7, 11) is 0. The fourth-order valence-electron chi connectivity index (χ4n) is 5.10. The predicted molar refractivity (Wildman–Crippen MR) is 174 cm³/mol. The van der Waals surface area contributed by atoms with Gasteiger partial charge < -0.3 is 30.3 Å². The van der Waals surface area contributed by atoms with Gasteiger partial charge in [0.15, 0.2) is 12.1 Å². The highest BCUT2D eigenvalue weighted by molar-refractivity contribution is 7.99. The second-order valence-electron chi connectivity index (χ2n) is 10.9. The number of aromatic nitrogens is 1. The van der Waals surface area contributed by atoms with Gasteiger partial charge in [0.1, 0.15) is 5.03 Å². The van der Waals surface area contributed by atoms with Gasteiger partial charge in [0.25, 0.3) is 0 Å². The van der Waals surface area contributed by atoms with E-state index in [-0.39, 0.29) is 30.2 Å². The average molecular weight is 642 g/mol. The molecule has 1 aliphatic heterocycles. The van der Waals surface area contributed by atoms with Crippen LogP contribution >= 0.6 is 11.8 Å². The number of Topliss-reactive ketones (excluding diaryl/α,β-unsaturated/α-hetero) is 1. The van der Waals surface area contributed by atoms with Gasteiger partial charge in [-0.2, -0.15) is 0 Å². The van der Waals surface area contributed by atoms with Gasteiger partial charge in [-0.05, 0) is 54.3 Å². The van der Waals surface area contributed by atoms with E-state index in [0.717, 1.165) is 16.7 Å². The van der Waals surface area contributed by atoms with Crippen molar-refractivity contribution in [1.29, 1.82) is 0 Å². The molecule has 0 saturated carbocycles. The van der Waals surface area contributed by atoms with Gasteiger partial charge in [-0.1, -0.05) is 66.7 Å². The number of aromatic carboxylic acids is 1. The van der Waals surface area contributed by atoms with E-state index in [2.05, 4.69) is 15.6 Å². The number of aliphatic hydroxyl groups is 1. The number of carboxylic acid groups (broad SMARTS) is 1. The van der Waals surface area contributed by atoms with Crippen molar-refractivity contribution in [3.05, 3.63) is 125 Å². The smallest absolute Gasteiger partial charge is 0.338 e. The SMILES string of the molecule is CC(=O)C(Cc1ccccc1)NC(=O)Nc1cccc(C2OC(CSc3ncccc3C(=O)O)CC(c3ccc(CO)cc3)O2)c1. The molecule has 1 fully saturated rings. The fraction of sp³-hybridized carbons (Fsp3) is 0.257. The van der Waals surface area contributed by atoms with E-state index < -0.39 is 24.3 Å². The van der Waals surface area contributed by atoms with Crippen LogP contribution in [0.5, 0.6) is 0 Å². The molecule has 0 radical (unpaired) electrons. The van der Waals surface area contributed by atoms with Crippen LogP contribution in [0.4, 0.5) is 10.5 Å². The van der Waals surface area contributed by atoms with Crippen molar-refractivity contribution in [3.63, 3.8) is 0 Å². The first-order chi connectivity index (χ1) is 22.3. The Kier molecular flexibility index (Phi) is 11.2. The molecular formula is C35H35N3O7S. The largest absolute Gasteiger partial charge is 0.478 e. The van der Waals surface area contributed by atoms with Crippen LogP contribution in [0.3, 0.4) is 0 Å². The lowest BCUT2D eigenvalue weighted by molar-refractivity contribution is -0.245. The van der Waals surface area contributed by atoms with E-state index in [9.17, 15) is 24.6 Å². The lowest BCUT2D eigenvalue weighted by atomic mass is 10.0. The minimum absolute atomic E-state index is 0.0699. The summed E-state index contributed by atoms with van der Waals surface area (Å²) in [5.41, 5.74) is 3.91. The molecule has 2 amide bonds. The summed E-state index contributed by atoms with van der Waals surface area (Å²) < 4.78 is 12.8. The van der Waals surface area contributed by atoms with Crippen LogP contribution in [0.15, 0.2) is 102 Å². The first kappa shape index (κ1) is 32.8. The van der Waals surface area contributed by atoms with E-state index >= 15 is 0 Å². The third-order valence-corrected chi connectivity index (χ3v) is 8.66. The van der Waals surface area contributed by atoms with Gasteiger partial charge in [0, 0.05) is 29.6 Å². The van der Waals surface area contributed by atoms with E-state index in [4.69, 9.17) is 9.47 Å². The monoisotopic (exact) mass is 641 g/mol. The molecule has 4 aromatic rings. The summed E-state index contributed by atoms with van der Waals surface area (Å²) in [5.74, 6) is -0.775. The summed E-state index contributed by atoms with van der Waals surface area (Å²) >= 11 is 1.30. The molecule has 5 rings (SSSR count). The van der Waals surface area contributed by atoms with Crippen LogP contribution in [0.25, 0.3) is 0 Å². The molecule has 2 heterocycles. The van der Waals surface area contributed by atoms with Crippen molar-refractivity contribution < 1.29 is 34.1 Å². The molecule has 4 N–H and O–H groups in total. The third-order valence-electron chi connectivity index (χ3n) is 7.52. The summed E-state index contributed by atoms with van der Waals surface area (Å²) in [6, 6.07) is 26.0. The normalized spacial score (nSPS) is 18.3. The number of benzene rings is 3. The summed E-state index contributed by atoms with van der Waals surface area (Å²) in [4.78, 5) is 41.2. The minimum Gasteiger partial charge on any atom is -0.478 e. The Hall–Kier alpha value is -4.55. The summed E-state index contributed by atoms with van der Waals surface area (Å²) in [6.07, 6.45) is 0.962. The lowest BCUT2D eigenvalue weighted by Crippen LogP contribution is -2.43. The van der Waals surface area contributed by atoms with Crippen LogP contribution in [-0.4, -0.2) is 50.9 Å². The number of ketones is 1. The van der Waals surface area contributed by atoms with E-state index in [0.29, 0.717) is 34.9 Å². The number of ether oxygens (including phenoxy) is 2. The maximum Gasteiger partial charge on any atom is 0.338 e. The lowest BCUT2D eigenvalue weighted by Gasteiger charge is -2.36. The number of anilines is 1. The second-order valence-corrected chi connectivity index (χ2v) is 11.9. The molecule has 1 aromatic heterocycles. The predicted octanol–water partition coefficient (Wildman–Crippen LogP) is 5.93. The number of carbonyl (C=O) groups is 3. The number of hydrogen-bond acceptors (Lipinski definition) is 8. The second kappa shape index (κ2) is 15.6. The molecule has 0 bridgehead atoms. The quantitative estimate of drug-likeness (QED) is 0.138. The zero-order valence-electron chi connectivity index (χ0n) is 25.2. The Labute approximate surface area is 271 Å². The van der Waals surface area contributed by atoms with Crippen molar-refractivity contribution in [1.82, 2.24) is 10.3 Å². The molecule has 4 unspecified atom stereocenters. The number of rotatable bonds is 12. The number of amides is 2. The number of urea groups is 1. The topological polar surface area (TPSA) is 147 Å². The van der Waals surface area contributed by atoms with Gasteiger partial charge in [0.2, 0.25) is 0 Å². The first-order valence-corrected chi connectivity index (χ1v) is 15.8. The van der Waals surface area contributed by atoms with Crippen molar-refractivity contribution in [2.45, 2.75) is 55.9 Å². The van der Waals surface area contributed by atoms with Gasteiger partial charge in [0.05, 0.1) is 30.4 Å². The molecule has 0 aliphatic carbocycles. The van der Waals surface area contributed by atoms with Crippen molar-refractivity contribution >= 4 is 35.2 Å². The molecule has 238 valence electrons. The number of carboxylic acids is 1. The Morgan fingerprint density at radius 1 is 0.935 bits per heavy atom. The Morgan fingerprint density at radius 2 is 1.72 bits per heavy atom. The average Bonchev–Trinajstić information content (AvgIpc) is 3.07. The summed E-state index contributed by atoms with van der Waals surface area (Å²) in [6.45, 7) is 1.38. The van der Waals surface area contributed by atoms with Gasteiger partial charge in [-0.25, -0.2) is 14.6 Å². The van der Waals surface area contributed by atoms with Crippen LogP contribution in [-0.2, 0) is 27.3 Å². The molecule has 3 aromatic carbocycles. The number of aliphatic hydroxyl groups excluding tert-OH is 1. The molecule has 0 spiro atoms. The van der Waals surface area contributed by atoms with Crippen molar-refractivity contribution in [2.75, 3.05) is 11.1 Å². The first-order valence-electron chi connectivity index (χ1n) is 14.8. The summed E-state index contributed by atoms with van der Waals surface area (Å²) in [5, 5.41) is 25.1. The number of nitrogens with zero attached hydrogens (tertiary/aromatic N) is 1. The number of thioether (sulfide) groups is 1. The maximum atomic E-state index is 12.9.